The van der Waals surface area contributed by atoms with E-state index in [0.29, 0.717) is 12.1 Å². The Morgan fingerprint density at radius 3 is 2.78 bits per heavy atom. The number of halogens is 1. The summed E-state index contributed by atoms with van der Waals surface area (Å²) in [5, 5.41) is 2.57. The van der Waals surface area contributed by atoms with Crippen LogP contribution in [0.15, 0.2) is 36.9 Å². The molecule has 1 atom stereocenters. The normalized spacial score (nSPS) is 11.4. The van der Waals surface area contributed by atoms with E-state index in [-0.39, 0.29) is 5.91 Å². The van der Waals surface area contributed by atoms with E-state index >= 15 is 0 Å². The Morgan fingerprint density at radius 2 is 2.17 bits per heavy atom. The molecule has 0 radical (unpaired) electrons. The number of amides is 1. The molecule has 1 amide bonds. The summed E-state index contributed by atoms with van der Waals surface area (Å²) >= 11 is 2.05. The van der Waals surface area contributed by atoms with Gasteiger partial charge in [-0.05, 0) is 41.6 Å². The van der Waals surface area contributed by atoms with Crippen molar-refractivity contribution < 1.29 is 14.3 Å². The standard InChI is InChI=1S/C13H14INO3/c1-3-8-15-12(16)9(2)18-13(17)10-6-4-5-7-11(10)14/h3-7,9H,1,8H2,2H3,(H,15,16)/t9-/m0/s1. The van der Waals surface area contributed by atoms with Crippen LogP contribution >= 0.6 is 22.6 Å². The molecule has 0 aliphatic carbocycles. The topological polar surface area (TPSA) is 55.4 Å². The lowest BCUT2D eigenvalue weighted by atomic mass is 10.2. The molecule has 0 saturated carbocycles. The molecule has 1 rings (SSSR count). The van der Waals surface area contributed by atoms with Crippen LogP contribution in [0.25, 0.3) is 0 Å². The van der Waals surface area contributed by atoms with Crippen molar-refractivity contribution in [2.75, 3.05) is 6.54 Å². The molecular weight excluding hydrogens is 345 g/mol. The first-order chi connectivity index (χ1) is 8.56. The van der Waals surface area contributed by atoms with Gasteiger partial charge in [-0.3, -0.25) is 4.79 Å². The van der Waals surface area contributed by atoms with Crippen molar-refractivity contribution >= 4 is 34.5 Å². The summed E-state index contributed by atoms with van der Waals surface area (Å²) in [7, 11) is 0. The number of benzene rings is 1. The second-order valence-corrected chi connectivity index (χ2v) is 4.72. The number of rotatable bonds is 5. The first kappa shape index (κ1) is 14.7. The Kier molecular flexibility index (Phi) is 5.84. The molecule has 1 N–H and O–H groups in total. The van der Waals surface area contributed by atoms with Gasteiger partial charge >= 0.3 is 5.97 Å². The molecule has 0 spiro atoms. The maximum Gasteiger partial charge on any atom is 0.339 e. The maximum absolute atomic E-state index is 11.8. The number of hydrogen-bond acceptors (Lipinski definition) is 3. The number of carbonyl (C=O) groups is 2. The van der Waals surface area contributed by atoms with Crippen LogP contribution in [-0.2, 0) is 9.53 Å². The summed E-state index contributed by atoms with van der Waals surface area (Å²) < 4.78 is 5.88. The van der Waals surface area contributed by atoms with Gasteiger partial charge in [0.15, 0.2) is 6.10 Å². The van der Waals surface area contributed by atoms with Gasteiger partial charge < -0.3 is 10.1 Å². The Labute approximate surface area is 120 Å². The van der Waals surface area contributed by atoms with Crippen LogP contribution in [-0.4, -0.2) is 24.5 Å². The molecule has 0 saturated heterocycles. The van der Waals surface area contributed by atoms with E-state index in [2.05, 4.69) is 11.9 Å². The fraction of sp³-hybridized carbons (Fsp3) is 0.231. The average molecular weight is 359 g/mol. The van der Waals surface area contributed by atoms with E-state index in [1.54, 1.807) is 24.3 Å². The van der Waals surface area contributed by atoms with Crippen LogP contribution in [0, 0.1) is 3.57 Å². The van der Waals surface area contributed by atoms with Gasteiger partial charge in [0.2, 0.25) is 0 Å². The highest BCUT2D eigenvalue weighted by molar-refractivity contribution is 14.1. The predicted molar refractivity (Wildman–Crippen MR) is 77.2 cm³/mol. The summed E-state index contributed by atoms with van der Waals surface area (Å²) in [5.41, 5.74) is 0.460. The Bertz CT molecular complexity index is 459. The van der Waals surface area contributed by atoms with Crippen molar-refractivity contribution in [2.45, 2.75) is 13.0 Å². The van der Waals surface area contributed by atoms with E-state index in [1.807, 2.05) is 28.7 Å². The minimum Gasteiger partial charge on any atom is -0.449 e. The van der Waals surface area contributed by atoms with Gasteiger partial charge in [-0.25, -0.2) is 4.79 Å². The van der Waals surface area contributed by atoms with Crippen molar-refractivity contribution in [1.82, 2.24) is 5.32 Å². The summed E-state index contributed by atoms with van der Waals surface area (Å²) in [6.07, 6.45) is 0.737. The van der Waals surface area contributed by atoms with Gasteiger partial charge in [-0.1, -0.05) is 18.2 Å². The number of nitrogens with one attached hydrogen (secondary N) is 1. The minimum absolute atomic E-state index is 0.339. The molecule has 0 heterocycles. The van der Waals surface area contributed by atoms with Crippen LogP contribution < -0.4 is 5.32 Å². The highest BCUT2D eigenvalue weighted by atomic mass is 127. The SMILES string of the molecule is C=CCNC(=O)[C@H](C)OC(=O)c1ccccc1I. The average Bonchev–Trinajstić information content (AvgIpc) is 2.36. The fourth-order valence-electron chi connectivity index (χ4n) is 1.22. The zero-order chi connectivity index (χ0) is 13.5. The molecule has 5 heteroatoms. The number of esters is 1. The first-order valence-electron chi connectivity index (χ1n) is 5.40. The molecule has 4 nitrogen and oxygen atoms in total. The largest absolute Gasteiger partial charge is 0.449 e. The maximum atomic E-state index is 11.8. The van der Waals surface area contributed by atoms with Crippen LogP contribution in [0.1, 0.15) is 17.3 Å². The van der Waals surface area contributed by atoms with E-state index in [1.165, 1.54) is 6.92 Å². The van der Waals surface area contributed by atoms with Crippen LogP contribution in [0.2, 0.25) is 0 Å². The quantitative estimate of drug-likeness (QED) is 0.498. The molecule has 1 aromatic carbocycles. The van der Waals surface area contributed by atoms with Gasteiger partial charge in [0.25, 0.3) is 5.91 Å². The number of hydrogen-bond donors (Lipinski definition) is 1. The third-order valence-corrected chi connectivity index (χ3v) is 3.11. The molecule has 0 bridgehead atoms. The van der Waals surface area contributed by atoms with E-state index in [0.717, 1.165) is 3.57 Å². The second-order valence-electron chi connectivity index (χ2n) is 3.56. The van der Waals surface area contributed by atoms with Crippen molar-refractivity contribution in [2.24, 2.45) is 0 Å². The number of ether oxygens (including phenoxy) is 1. The summed E-state index contributed by atoms with van der Waals surface area (Å²) in [6.45, 7) is 5.37. The Balaban J connectivity index is 2.62. The zero-order valence-corrected chi connectivity index (χ0v) is 12.1. The molecule has 0 unspecified atom stereocenters. The Morgan fingerprint density at radius 1 is 1.50 bits per heavy atom. The molecular formula is C13H14INO3. The lowest BCUT2D eigenvalue weighted by Gasteiger charge is -2.13. The van der Waals surface area contributed by atoms with E-state index in [9.17, 15) is 9.59 Å². The van der Waals surface area contributed by atoms with E-state index in [4.69, 9.17) is 4.74 Å². The lowest BCUT2D eigenvalue weighted by molar-refractivity contribution is -0.128. The zero-order valence-electron chi connectivity index (χ0n) is 9.98. The van der Waals surface area contributed by atoms with Crippen molar-refractivity contribution in [3.63, 3.8) is 0 Å². The second kappa shape index (κ2) is 7.15. The molecule has 18 heavy (non-hydrogen) atoms. The molecule has 1 aromatic rings. The van der Waals surface area contributed by atoms with Crippen molar-refractivity contribution in [3.05, 3.63) is 46.1 Å². The van der Waals surface area contributed by atoms with Gasteiger partial charge in [-0.2, -0.15) is 0 Å². The van der Waals surface area contributed by atoms with Crippen LogP contribution in [0.4, 0.5) is 0 Å². The smallest absolute Gasteiger partial charge is 0.339 e. The lowest BCUT2D eigenvalue weighted by Crippen LogP contribution is -2.35. The van der Waals surface area contributed by atoms with E-state index < -0.39 is 12.1 Å². The molecule has 0 fully saturated rings. The summed E-state index contributed by atoms with van der Waals surface area (Å²) in [4.78, 5) is 23.3. The molecule has 0 aromatic heterocycles. The first-order valence-corrected chi connectivity index (χ1v) is 6.48. The highest BCUT2D eigenvalue weighted by Crippen LogP contribution is 2.13. The minimum atomic E-state index is -0.826. The van der Waals surface area contributed by atoms with Crippen molar-refractivity contribution in [1.29, 1.82) is 0 Å². The third kappa shape index (κ3) is 4.14. The van der Waals surface area contributed by atoms with Crippen LogP contribution in [0.5, 0.6) is 0 Å². The molecule has 0 aliphatic rings. The van der Waals surface area contributed by atoms with Crippen LogP contribution in [0.3, 0.4) is 0 Å². The Hall–Kier alpha value is -1.37. The highest BCUT2D eigenvalue weighted by Gasteiger charge is 2.19. The fourth-order valence-corrected chi connectivity index (χ4v) is 1.83. The van der Waals surface area contributed by atoms with Gasteiger partial charge in [0.05, 0.1) is 5.56 Å². The summed E-state index contributed by atoms with van der Waals surface area (Å²) in [5.74, 6) is -0.838. The summed E-state index contributed by atoms with van der Waals surface area (Å²) in [6, 6.07) is 7.05. The van der Waals surface area contributed by atoms with Gasteiger partial charge in [-0.15, -0.1) is 6.58 Å². The van der Waals surface area contributed by atoms with Gasteiger partial charge in [0, 0.05) is 10.1 Å². The third-order valence-electron chi connectivity index (χ3n) is 2.17. The van der Waals surface area contributed by atoms with Gasteiger partial charge in [0.1, 0.15) is 0 Å². The number of carbonyl (C=O) groups excluding carboxylic acids is 2. The monoisotopic (exact) mass is 359 g/mol. The molecule has 0 aliphatic heterocycles. The predicted octanol–water partition coefficient (Wildman–Crippen LogP) is 2.14. The molecule has 96 valence electrons. The van der Waals surface area contributed by atoms with Crippen molar-refractivity contribution in [3.8, 4) is 0 Å².